The zero-order valence-corrected chi connectivity index (χ0v) is 24.6. The van der Waals surface area contributed by atoms with Crippen molar-refractivity contribution < 1.29 is 26.4 Å². The summed E-state index contributed by atoms with van der Waals surface area (Å²) in [6.07, 6.45) is 0. The van der Waals surface area contributed by atoms with E-state index in [4.69, 9.17) is 0 Å². The van der Waals surface area contributed by atoms with Crippen LogP contribution in [0.2, 0.25) is 0 Å². The summed E-state index contributed by atoms with van der Waals surface area (Å²) in [7, 11) is -8.18. The molecule has 0 saturated carbocycles. The predicted octanol–water partition coefficient (Wildman–Crippen LogP) is 5.51. The van der Waals surface area contributed by atoms with Crippen LogP contribution in [0.4, 0.5) is 0 Å². The van der Waals surface area contributed by atoms with E-state index in [-0.39, 0.29) is 43.7 Å². The first kappa shape index (κ1) is 27.8. The third-order valence-corrected chi connectivity index (χ3v) is 11.0. The normalized spacial score (nSPS) is 13.2. The molecule has 1 aliphatic carbocycles. The Hall–Kier alpha value is -5.06. The van der Waals surface area contributed by atoms with Gasteiger partial charge >= 0.3 is 0 Å². The molecule has 0 saturated heterocycles. The maximum absolute atomic E-state index is 13.7. The van der Waals surface area contributed by atoms with E-state index in [1.165, 1.54) is 36.4 Å². The number of hydrogen-bond donors (Lipinski definition) is 0. The number of aromatic nitrogens is 2. The summed E-state index contributed by atoms with van der Waals surface area (Å²) in [5.41, 5.74) is -0.768. The van der Waals surface area contributed by atoms with E-state index in [1.807, 2.05) is 24.3 Å². The molecule has 0 unspecified atom stereocenters. The highest BCUT2D eigenvalue weighted by Gasteiger charge is 2.35. The summed E-state index contributed by atoms with van der Waals surface area (Å²) < 4.78 is 54.9. The van der Waals surface area contributed by atoms with Crippen molar-refractivity contribution in [2.75, 3.05) is 0 Å². The number of carbonyl (C=O) groups is 2. The van der Waals surface area contributed by atoms with Crippen LogP contribution in [-0.4, -0.2) is 38.4 Å². The zero-order chi connectivity index (χ0) is 30.6. The molecular weight excluding hydrogens is 597 g/mol. The van der Waals surface area contributed by atoms with Gasteiger partial charge in [0, 0.05) is 11.1 Å². The molecule has 10 heteroatoms. The summed E-state index contributed by atoms with van der Waals surface area (Å²) in [5.74, 6) is -2.62. The third-order valence-electron chi connectivity index (χ3n) is 7.71. The lowest BCUT2D eigenvalue weighted by atomic mass is 9.89. The van der Waals surface area contributed by atoms with Gasteiger partial charge in [0.1, 0.15) is 11.4 Å². The Morgan fingerprint density at radius 2 is 0.818 bits per heavy atom. The molecule has 0 radical (unpaired) electrons. The largest absolute Gasteiger partial charge is 0.287 e. The van der Waals surface area contributed by atoms with Gasteiger partial charge < -0.3 is 0 Å². The summed E-state index contributed by atoms with van der Waals surface area (Å²) in [6.45, 7) is 0. The Labute approximate surface area is 252 Å². The Balaban J connectivity index is 1.36. The molecule has 216 valence electrons. The minimum atomic E-state index is -4.09. The molecule has 0 spiro atoms. The lowest BCUT2D eigenvalue weighted by Crippen LogP contribution is -2.27. The molecule has 0 atom stereocenters. The molecule has 6 aromatic rings. The molecule has 8 nitrogen and oxygen atoms in total. The fourth-order valence-electron chi connectivity index (χ4n) is 5.44. The van der Waals surface area contributed by atoms with Crippen LogP contribution in [0.5, 0.6) is 0 Å². The fraction of sp³-hybridized carbons (Fsp3) is 0.0588. The Kier molecular flexibility index (Phi) is 6.49. The molecule has 1 aromatic heterocycles. The average molecular weight is 619 g/mol. The number of fused-ring (bicyclic) bond motifs is 4. The number of ketones is 2. The second-order valence-electron chi connectivity index (χ2n) is 10.6. The Bertz CT molecular complexity index is 2250. The Morgan fingerprint density at radius 1 is 0.455 bits per heavy atom. The number of rotatable bonds is 6. The minimum Gasteiger partial charge on any atom is -0.287 e. The van der Waals surface area contributed by atoms with E-state index in [0.29, 0.717) is 10.8 Å². The van der Waals surface area contributed by atoms with Crippen molar-refractivity contribution in [2.24, 2.45) is 0 Å². The van der Waals surface area contributed by atoms with E-state index in [0.717, 1.165) is 10.8 Å². The van der Waals surface area contributed by atoms with Gasteiger partial charge in [0.05, 0.1) is 32.7 Å². The summed E-state index contributed by atoms with van der Waals surface area (Å²) >= 11 is 0. The topological polar surface area (TPSA) is 128 Å². The van der Waals surface area contributed by atoms with E-state index >= 15 is 0 Å². The van der Waals surface area contributed by atoms with Crippen molar-refractivity contribution in [3.63, 3.8) is 0 Å². The minimum absolute atomic E-state index is 0.00630. The van der Waals surface area contributed by atoms with Gasteiger partial charge in [-0.3, -0.25) is 9.59 Å². The lowest BCUT2D eigenvalue weighted by molar-refractivity contribution is 0.0971. The van der Waals surface area contributed by atoms with Gasteiger partial charge in [-0.1, -0.05) is 84.9 Å². The maximum Gasteiger partial charge on any atom is 0.214 e. The highest BCUT2D eigenvalue weighted by Crippen LogP contribution is 2.30. The van der Waals surface area contributed by atoms with Gasteiger partial charge in [-0.2, -0.15) is 0 Å². The monoisotopic (exact) mass is 618 g/mol. The first-order valence-electron chi connectivity index (χ1n) is 13.6. The molecule has 0 N–H and O–H groups in total. The van der Waals surface area contributed by atoms with Crippen LogP contribution in [0.1, 0.15) is 43.5 Å². The van der Waals surface area contributed by atoms with Gasteiger partial charge in [-0.15, -0.1) is 0 Å². The molecule has 0 amide bonds. The molecule has 0 fully saturated rings. The van der Waals surface area contributed by atoms with Gasteiger partial charge in [0.2, 0.25) is 11.6 Å². The zero-order valence-electron chi connectivity index (χ0n) is 23.0. The van der Waals surface area contributed by atoms with Gasteiger partial charge in [-0.25, -0.2) is 26.8 Å². The van der Waals surface area contributed by atoms with Crippen molar-refractivity contribution in [3.8, 4) is 0 Å². The summed E-state index contributed by atoms with van der Waals surface area (Å²) in [4.78, 5) is 35.6. The number of hydrogen-bond acceptors (Lipinski definition) is 8. The molecule has 0 aliphatic heterocycles. The fourth-order valence-corrected chi connectivity index (χ4v) is 8.11. The first-order chi connectivity index (χ1) is 21.1. The summed E-state index contributed by atoms with van der Waals surface area (Å²) in [6, 6.07) is 30.2. The first-order valence-corrected chi connectivity index (χ1v) is 16.9. The van der Waals surface area contributed by atoms with Crippen LogP contribution < -0.4 is 0 Å². The second kappa shape index (κ2) is 10.3. The highest BCUT2D eigenvalue weighted by atomic mass is 32.2. The van der Waals surface area contributed by atoms with Crippen LogP contribution in [0, 0.1) is 0 Å². The molecule has 1 heterocycles. The summed E-state index contributed by atoms with van der Waals surface area (Å²) in [5, 5.41) is 3.12. The quantitative estimate of drug-likeness (QED) is 0.239. The second-order valence-corrected chi connectivity index (χ2v) is 14.5. The third kappa shape index (κ3) is 4.78. The standard InChI is InChI=1S/C34H22N2O6S2/c37-33-27-11-5-6-12-28(27)34(38)32-31(33)35-29(19-43(39,40)25-15-13-21-7-1-3-9-23(21)17-25)30(36-32)20-44(41,42)26-16-14-22-8-2-4-10-24(22)18-26/h1-18H,19-20H2. The van der Waals surface area contributed by atoms with Gasteiger partial charge in [0.15, 0.2) is 19.7 Å². The number of benzene rings is 5. The van der Waals surface area contributed by atoms with Crippen LogP contribution in [-0.2, 0) is 31.2 Å². The van der Waals surface area contributed by atoms with E-state index in [9.17, 15) is 26.4 Å². The molecule has 44 heavy (non-hydrogen) atoms. The molecule has 7 rings (SSSR count). The number of sulfone groups is 2. The predicted molar refractivity (Wildman–Crippen MR) is 165 cm³/mol. The molecule has 0 bridgehead atoms. The molecule has 5 aromatic carbocycles. The van der Waals surface area contributed by atoms with Gasteiger partial charge in [-0.05, 0) is 45.8 Å². The van der Waals surface area contributed by atoms with Crippen LogP contribution in [0.15, 0.2) is 119 Å². The molecular formula is C34H22N2O6S2. The molecule has 1 aliphatic rings. The van der Waals surface area contributed by atoms with E-state index in [2.05, 4.69) is 9.97 Å². The van der Waals surface area contributed by atoms with Crippen molar-refractivity contribution in [3.05, 3.63) is 143 Å². The van der Waals surface area contributed by atoms with Crippen molar-refractivity contribution in [1.29, 1.82) is 0 Å². The SMILES string of the molecule is O=C1c2ccccc2C(=O)c2nc(CS(=O)(=O)c3ccc4ccccc4c3)c(CS(=O)(=O)c3ccc4ccccc4c3)nc21. The van der Waals surface area contributed by atoms with E-state index < -0.39 is 42.7 Å². The highest BCUT2D eigenvalue weighted by molar-refractivity contribution is 7.91. The van der Waals surface area contributed by atoms with Crippen LogP contribution >= 0.6 is 0 Å². The van der Waals surface area contributed by atoms with Crippen molar-refractivity contribution in [2.45, 2.75) is 21.3 Å². The lowest BCUT2D eigenvalue weighted by Gasteiger charge is -2.19. The number of nitrogens with zero attached hydrogens (tertiary/aromatic N) is 2. The number of carbonyl (C=O) groups excluding carboxylic acids is 2. The van der Waals surface area contributed by atoms with Crippen LogP contribution in [0.3, 0.4) is 0 Å². The van der Waals surface area contributed by atoms with Gasteiger partial charge in [0.25, 0.3) is 0 Å². The van der Waals surface area contributed by atoms with Crippen LogP contribution in [0.25, 0.3) is 21.5 Å². The maximum atomic E-state index is 13.7. The smallest absolute Gasteiger partial charge is 0.214 e. The Morgan fingerprint density at radius 3 is 1.23 bits per heavy atom. The van der Waals surface area contributed by atoms with E-state index in [1.54, 1.807) is 48.5 Å². The van der Waals surface area contributed by atoms with Crippen molar-refractivity contribution in [1.82, 2.24) is 9.97 Å². The van der Waals surface area contributed by atoms with Crippen molar-refractivity contribution >= 4 is 52.8 Å². The average Bonchev–Trinajstić information content (AvgIpc) is 3.03.